The molecule has 0 unspecified atom stereocenters. The standard InChI is InChI=1S/C8H10O2S/c1-7-2-4-8(5-3-7)6-11(9)10/h2-5,11H,6H2,1H3. The Labute approximate surface area is 67.8 Å². The van der Waals surface area contributed by atoms with Gasteiger partial charge in [-0.1, -0.05) is 29.8 Å². The van der Waals surface area contributed by atoms with Gasteiger partial charge in [0, 0.05) is 0 Å². The molecule has 60 valence electrons. The van der Waals surface area contributed by atoms with Crippen molar-refractivity contribution in [2.45, 2.75) is 12.7 Å². The van der Waals surface area contributed by atoms with Crippen LogP contribution in [0.4, 0.5) is 0 Å². The molecule has 11 heavy (non-hydrogen) atoms. The molecule has 0 atom stereocenters. The molecule has 1 aromatic carbocycles. The van der Waals surface area contributed by atoms with Crippen LogP contribution >= 0.6 is 0 Å². The van der Waals surface area contributed by atoms with Gasteiger partial charge in [0.05, 0.1) is 5.75 Å². The third-order valence-electron chi connectivity index (χ3n) is 1.43. The monoisotopic (exact) mass is 170 g/mol. The van der Waals surface area contributed by atoms with E-state index in [2.05, 4.69) is 0 Å². The molecule has 1 aromatic rings. The first-order valence-corrected chi connectivity index (χ1v) is 4.72. The SMILES string of the molecule is Cc1ccc(C[SH](=O)=O)cc1. The third-order valence-corrected chi connectivity index (χ3v) is 2.06. The highest BCUT2D eigenvalue weighted by molar-refractivity contribution is 7.71. The normalized spacial score (nSPS) is 10.4. The number of aryl methyl sites for hydroxylation is 1. The van der Waals surface area contributed by atoms with Gasteiger partial charge in [-0.05, 0) is 12.5 Å². The number of thiol groups is 1. The summed E-state index contributed by atoms with van der Waals surface area (Å²) in [6, 6.07) is 7.49. The predicted molar refractivity (Wildman–Crippen MR) is 45.2 cm³/mol. The second-order valence-corrected chi connectivity index (χ2v) is 3.46. The van der Waals surface area contributed by atoms with Crippen molar-refractivity contribution in [3.8, 4) is 0 Å². The Morgan fingerprint density at radius 2 is 1.73 bits per heavy atom. The minimum absolute atomic E-state index is 0.148. The summed E-state index contributed by atoms with van der Waals surface area (Å²) >= 11 is 0. The molecule has 0 N–H and O–H groups in total. The summed E-state index contributed by atoms with van der Waals surface area (Å²) in [6.07, 6.45) is 0. The van der Waals surface area contributed by atoms with Crippen molar-refractivity contribution in [2.75, 3.05) is 0 Å². The van der Waals surface area contributed by atoms with E-state index < -0.39 is 10.7 Å². The zero-order chi connectivity index (χ0) is 8.27. The average molecular weight is 170 g/mol. The van der Waals surface area contributed by atoms with E-state index >= 15 is 0 Å². The molecule has 0 saturated carbocycles. The van der Waals surface area contributed by atoms with Crippen molar-refractivity contribution in [3.63, 3.8) is 0 Å². The van der Waals surface area contributed by atoms with E-state index in [0.29, 0.717) is 0 Å². The van der Waals surface area contributed by atoms with Crippen molar-refractivity contribution < 1.29 is 8.42 Å². The molecule has 2 nitrogen and oxygen atoms in total. The molecule has 0 heterocycles. The molecule has 1 rings (SSSR count). The first kappa shape index (κ1) is 8.27. The van der Waals surface area contributed by atoms with E-state index in [-0.39, 0.29) is 5.75 Å². The summed E-state index contributed by atoms with van der Waals surface area (Å²) in [4.78, 5) is 0. The molecule has 3 heteroatoms. The van der Waals surface area contributed by atoms with Crippen LogP contribution in [0.1, 0.15) is 11.1 Å². The highest BCUT2D eigenvalue weighted by atomic mass is 32.2. The number of benzene rings is 1. The van der Waals surface area contributed by atoms with Crippen LogP contribution in [0.25, 0.3) is 0 Å². The maximum absolute atomic E-state index is 10.3. The Hall–Kier alpha value is -0.830. The number of hydrogen-bond acceptors (Lipinski definition) is 2. The zero-order valence-electron chi connectivity index (χ0n) is 6.28. The molecule has 0 aliphatic rings. The van der Waals surface area contributed by atoms with Gasteiger partial charge in [0.2, 0.25) is 0 Å². The summed E-state index contributed by atoms with van der Waals surface area (Å²) in [5, 5.41) is 0. The van der Waals surface area contributed by atoms with E-state index in [1.807, 2.05) is 31.2 Å². The Balaban J connectivity index is 2.82. The fourth-order valence-electron chi connectivity index (χ4n) is 0.843. The van der Waals surface area contributed by atoms with E-state index in [1.165, 1.54) is 0 Å². The van der Waals surface area contributed by atoms with Crippen molar-refractivity contribution in [2.24, 2.45) is 0 Å². The molecule has 0 saturated heterocycles. The van der Waals surface area contributed by atoms with Gasteiger partial charge >= 0.3 is 0 Å². The Morgan fingerprint density at radius 1 is 1.18 bits per heavy atom. The predicted octanol–water partition coefficient (Wildman–Crippen LogP) is 1.11. The molecule has 0 spiro atoms. The second kappa shape index (κ2) is 3.53. The minimum atomic E-state index is -2.29. The molecule has 0 fully saturated rings. The highest BCUT2D eigenvalue weighted by Gasteiger charge is 1.91. The van der Waals surface area contributed by atoms with Gasteiger partial charge < -0.3 is 0 Å². The highest BCUT2D eigenvalue weighted by Crippen LogP contribution is 2.03. The lowest BCUT2D eigenvalue weighted by atomic mass is 10.2. The van der Waals surface area contributed by atoms with Gasteiger partial charge in [-0.2, -0.15) is 0 Å². The van der Waals surface area contributed by atoms with Crippen molar-refractivity contribution >= 4 is 10.7 Å². The second-order valence-electron chi connectivity index (χ2n) is 2.48. The van der Waals surface area contributed by atoms with Gasteiger partial charge in [0.15, 0.2) is 0 Å². The summed E-state index contributed by atoms with van der Waals surface area (Å²) in [7, 11) is -2.29. The Morgan fingerprint density at radius 3 is 2.18 bits per heavy atom. The van der Waals surface area contributed by atoms with E-state index in [4.69, 9.17) is 0 Å². The number of rotatable bonds is 2. The third kappa shape index (κ3) is 2.72. The number of hydrogen-bond donors (Lipinski definition) is 1. The first-order valence-electron chi connectivity index (χ1n) is 3.36. The van der Waals surface area contributed by atoms with Crippen LogP contribution in [-0.2, 0) is 16.5 Å². The van der Waals surface area contributed by atoms with Gasteiger partial charge in [0.25, 0.3) is 0 Å². The van der Waals surface area contributed by atoms with Crippen molar-refractivity contribution in [3.05, 3.63) is 35.4 Å². The quantitative estimate of drug-likeness (QED) is 0.674. The molecule has 0 radical (unpaired) electrons. The summed E-state index contributed by atoms with van der Waals surface area (Å²) in [6.45, 7) is 1.97. The Bertz CT molecular complexity index is 290. The lowest BCUT2D eigenvalue weighted by molar-refractivity contribution is 0.614. The van der Waals surface area contributed by atoms with Gasteiger partial charge in [-0.3, -0.25) is 0 Å². The lowest BCUT2D eigenvalue weighted by Crippen LogP contribution is -1.85. The minimum Gasteiger partial charge on any atom is -0.232 e. The summed E-state index contributed by atoms with van der Waals surface area (Å²) in [5.41, 5.74) is 2.00. The van der Waals surface area contributed by atoms with E-state index in [0.717, 1.165) is 11.1 Å². The fourth-order valence-corrected chi connectivity index (χ4v) is 1.35. The first-order chi connectivity index (χ1) is 5.18. The van der Waals surface area contributed by atoms with E-state index in [9.17, 15) is 8.42 Å². The van der Waals surface area contributed by atoms with Crippen LogP contribution in [0, 0.1) is 6.92 Å². The van der Waals surface area contributed by atoms with Crippen molar-refractivity contribution in [1.29, 1.82) is 0 Å². The van der Waals surface area contributed by atoms with Gasteiger partial charge in [-0.25, -0.2) is 8.42 Å². The van der Waals surface area contributed by atoms with Crippen LogP contribution in [0.2, 0.25) is 0 Å². The molecule has 0 aliphatic heterocycles. The molecule has 0 aliphatic carbocycles. The van der Waals surface area contributed by atoms with Gasteiger partial charge in [0.1, 0.15) is 10.7 Å². The maximum atomic E-state index is 10.3. The molecule has 0 amide bonds. The van der Waals surface area contributed by atoms with Gasteiger partial charge in [-0.15, -0.1) is 0 Å². The zero-order valence-corrected chi connectivity index (χ0v) is 7.17. The topological polar surface area (TPSA) is 34.1 Å². The fraction of sp³-hybridized carbons (Fsp3) is 0.250. The van der Waals surface area contributed by atoms with Crippen LogP contribution in [-0.4, -0.2) is 8.42 Å². The molecular weight excluding hydrogens is 160 g/mol. The summed E-state index contributed by atoms with van der Waals surface area (Å²) in [5.74, 6) is 0.148. The average Bonchev–Trinajstić information content (AvgIpc) is 1.93. The van der Waals surface area contributed by atoms with Crippen molar-refractivity contribution in [1.82, 2.24) is 0 Å². The van der Waals surface area contributed by atoms with Crippen LogP contribution in [0.3, 0.4) is 0 Å². The lowest BCUT2D eigenvalue weighted by Gasteiger charge is -1.94. The van der Waals surface area contributed by atoms with Crippen LogP contribution < -0.4 is 0 Å². The van der Waals surface area contributed by atoms with Crippen LogP contribution in [0.15, 0.2) is 24.3 Å². The molecule has 0 bridgehead atoms. The molecular formula is C8H10O2S. The summed E-state index contributed by atoms with van der Waals surface area (Å²) < 4.78 is 20.6. The van der Waals surface area contributed by atoms with Crippen LogP contribution in [0.5, 0.6) is 0 Å². The largest absolute Gasteiger partial charge is 0.232 e. The Kier molecular flexibility index (Phi) is 2.65. The van der Waals surface area contributed by atoms with E-state index in [1.54, 1.807) is 0 Å². The smallest absolute Gasteiger partial charge is 0.144 e. The maximum Gasteiger partial charge on any atom is 0.144 e. The molecule has 0 aromatic heterocycles.